The van der Waals surface area contributed by atoms with Crippen molar-refractivity contribution in [1.29, 1.82) is 0 Å². The van der Waals surface area contributed by atoms with Gasteiger partial charge in [0.15, 0.2) is 0 Å². The molecule has 1 fully saturated rings. The van der Waals surface area contributed by atoms with E-state index < -0.39 is 6.09 Å². The molecule has 0 bridgehead atoms. The van der Waals surface area contributed by atoms with Crippen LogP contribution >= 0.6 is 0 Å². The Morgan fingerprint density at radius 2 is 2.29 bits per heavy atom. The van der Waals surface area contributed by atoms with Gasteiger partial charge in [0.2, 0.25) is 0 Å². The molecule has 1 saturated heterocycles. The van der Waals surface area contributed by atoms with Gasteiger partial charge in [-0.15, -0.1) is 0 Å². The molecule has 1 aliphatic heterocycles. The molecule has 1 aromatic carbocycles. The molecule has 1 amide bonds. The number of amides is 1. The van der Waals surface area contributed by atoms with Gasteiger partial charge in [-0.3, -0.25) is 0 Å². The first-order valence-corrected chi connectivity index (χ1v) is 5.58. The molecule has 4 heteroatoms. The summed E-state index contributed by atoms with van der Waals surface area (Å²) in [7, 11) is 0. The molecule has 0 aromatic heterocycles. The minimum Gasteiger partial charge on any atom is -0.465 e. The zero-order valence-corrected chi connectivity index (χ0v) is 9.40. The number of rotatable bonds is 1. The van der Waals surface area contributed by atoms with E-state index in [1.165, 1.54) is 17.0 Å². The van der Waals surface area contributed by atoms with Crippen molar-refractivity contribution in [2.45, 2.75) is 12.8 Å². The average molecular weight is 235 g/mol. The fourth-order valence-electron chi connectivity index (χ4n) is 2.01. The average Bonchev–Trinajstić information content (AvgIpc) is 2.29. The normalized spacial score (nSPS) is 18.4. The number of halogens is 1. The third kappa shape index (κ3) is 3.06. The molecule has 17 heavy (non-hydrogen) atoms. The van der Waals surface area contributed by atoms with Crippen molar-refractivity contribution >= 4 is 12.2 Å². The van der Waals surface area contributed by atoms with Crippen molar-refractivity contribution in [3.05, 3.63) is 41.2 Å². The first-order chi connectivity index (χ1) is 8.15. The van der Waals surface area contributed by atoms with Crippen molar-refractivity contribution in [3.63, 3.8) is 0 Å². The quantitative estimate of drug-likeness (QED) is 0.812. The van der Waals surface area contributed by atoms with Crippen molar-refractivity contribution in [2.75, 3.05) is 13.1 Å². The Kier molecular flexibility index (Phi) is 3.42. The van der Waals surface area contributed by atoms with Gasteiger partial charge >= 0.3 is 6.09 Å². The Balaban J connectivity index is 2.14. The number of hydrogen-bond donors (Lipinski definition) is 1. The standard InChI is InChI=1S/C13H14FNO2/c14-12-5-1-3-10(8-12)7-11-4-2-6-15(9-11)13(16)17/h1,3,5,7-8H,2,4,6,9H2,(H,16,17)/b11-7-. The highest BCUT2D eigenvalue weighted by Gasteiger charge is 2.18. The molecular weight excluding hydrogens is 221 g/mol. The minimum absolute atomic E-state index is 0.273. The molecule has 1 aromatic rings. The summed E-state index contributed by atoms with van der Waals surface area (Å²) in [5, 5.41) is 8.90. The molecule has 0 radical (unpaired) electrons. The maximum atomic E-state index is 13.0. The lowest BCUT2D eigenvalue weighted by molar-refractivity contribution is 0.144. The number of carbonyl (C=O) groups is 1. The van der Waals surface area contributed by atoms with Crippen LogP contribution in [0.2, 0.25) is 0 Å². The summed E-state index contributed by atoms with van der Waals surface area (Å²) < 4.78 is 13.0. The van der Waals surface area contributed by atoms with Crippen LogP contribution in [0.15, 0.2) is 29.8 Å². The summed E-state index contributed by atoms with van der Waals surface area (Å²) >= 11 is 0. The van der Waals surface area contributed by atoms with Gasteiger partial charge in [-0.1, -0.05) is 23.8 Å². The number of piperidine rings is 1. The Labute approximate surface area is 99.2 Å². The van der Waals surface area contributed by atoms with Gasteiger partial charge in [0.25, 0.3) is 0 Å². The maximum absolute atomic E-state index is 13.0. The largest absolute Gasteiger partial charge is 0.465 e. The molecule has 0 aliphatic carbocycles. The van der Waals surface area contributed by atoms with Gasteiger partial charge in [0, 0.05) is 13.1 Å². The van der Waals surface area contributed by atoms with Crippen LogP contribution in [0.4, 0.5) is 9.18 Å². The van der Waals surface area contributed by atoms with Crippen molar-refractivity contribution < 1.29 is 14.3 Å². The maximum Gasteiger partial charge on any atom is 0.407 e. The third-order valence-electron chi connectivity index (χ3n) is 2.81. The van der Waals surface area contributed by atoms with Crippen LogP contribution in [-0.4, -0.2) is 29.2 Å². The second-order valence-electron chi connectivity index (χ2n) is 4.17. The number of likely N-dealkylation sites (tertiary alicyclic amines) is 1. The Morgan fingerprint density at radius 1 is 1.47 bits per heavy atom. The summed E-state index contributed by atoms with van der Waals surface area (Å²) in [5.74, 6) is -0.273. The van der Waals surface area contributed by atoms with Gasteiger partial charge < -0.3 is 10.0 Å². The molecular formula is C13H14FNO2. The fraction of sp³-hybridized carbons (Fsp3) is 0.308. The topological polar surface area (TPSA) is 40.5 Å². The number of carboxylic acid groups (broad SMARTS) is 1. The highest BCUT2D eigenvalue weighted by Crippen LogP contribution is 2.19. The van der Waals surface area contributed by atoms with E-state index >= 15 is 0 Å². The summed E-state index contributed by atoms with van der Waals surface area (Å²) in [4.78, 5) is 12.2. The van der Waals surface area contributed by atoms with Crippen LogP contribution < -0.4 is 0 Å². The first-order valence-electron chi connectivity index (χ1n) is 5.58. The van der Waals surface area contributed by atoms with E-state index in [-0.39, 0.29) is 5.82 Å². The predicted molar refractivity (Wildman–Crippen MR) is 63.2 cm³/mol. The number of benzene rings is 1. The van der Waals surface area contributed by atoms with Crippen LogP contribution in [0.5, 0.6) is 0 Å². The van der Waals surface area contributed by atoms with Gasteiger partial charge in [0.05, 0.1) is 0 Å². The van der Waals surface area contributed by atoms with E-state index in [2.05, 4.69) is 0 Å². The van der Waals surface area contributed by atoms with E-state index in [9.17, 15) is 9.18 Å². The predicted octanol–water partition coefficient (Wildman–Crippen LogP) is 2.98. The molecule has 2 rings (SSSR count). The fourth-order valence-corrected chi connectivity index (χ4v) is 2.01. The van der Waals surface area contributed by atoms with E-state index in [0.717, 1.165) is 24.0 Å². The van der Waals surface area contributed by atoms with Crippen LogP contribution in [-0.2, 0) is 0 Å². The lowest BCUT2D eigenvalue weighted by Crippen LogP contribution is -2.35. The van der Waals surface area contributed by atoms with Gasteiger partial charge in [-0.2, -0.15) is 0 Å². The molecule has 90 valence electrons. The monoisotopic (exact) mass is 235 g/mol. The zero-order valence-electron chi connectivity index (χ0n) is 9.40. The zero-order chi connectivity index (χ0) is 12.3. The molecule has 1 heterocycles. The third-order valence-corrected chi connectivity index (χ3v) is 2.81. The lowest BCUT2D eigenvalue weighted by atomic mass is 10.0. The number of nitrogens with zero attached hydrogens (tertiary/aromatic N) is 1. The van der Waals surface area contributed by atoms with Gasteiger partial charge in [0.1, 0.15) is 5.82 Å². The molecule has 0 unspecified atom stereocenters. The van der Waals surface area contributed by atoms with Crippen molar-refractivity contribution in [2.24, 2.45) is 0 Å². The molecule has 1 N–H and O–H groups in total. The lowest BCUT2D eigenvalue weighted by Gasteiger charge is -2.26. The Bertz CT molecular complexity index is 456. The van der Waals surface area contributed by atoms with Gasteiger partial charge in [-0.25, -0.2) is 9.18 Å². The summed E-state index contributed by atoms with van der Waals surface area (Å²) in [6.07, 6.45) is 2.68. The van der Waals surface area contributed by atoms with E-state index in [0.29, 0.717) is 13.1 Å². The summed E-state index contributed by atoms with van der Waals surface area (Å²) in [6.45, 7) is 1.00. The van der Waals surface area contributed by atoms with E-state index in [1.807, 2.05) is 12.1 Å². The first kappa shape index (κ1) is 11.6. The van der Waals surface area contributed by atoms with E-state index in [1.54, 1.807) is 6.07 Å². The van der Waals surface area contributed by atoms with Crippen molar-refractivity contribution in [3.8, 4) is 0 Å². The Hall–Kier alpha value is -1.84. The molecule has 0 spiro atoms. The van der Waals surface area contributed by atoms with Crippen LogP contribution in [0.25, 0.3) is 6.08 Å². The summed E-state index contributed by atoms with van der Waals surface area (Å²) in [6, 6.07) is 6.31. The van der Waals surface area contributed by atoms with Crippen LogP contribution in [0.1, 0.15) is 18.4 Å². The molecule has 1 aliphatic rings. The highest BCUT2D eigenvalue weighted by atomic mass is 19.1. The van der Waals surface area contributed by atoms with Crippen LogP contribution in [0, 0.1) is 5.82 Å². The smallest absolute Gasteiger partial charge is 0.407 e. The Morgan fingerprint density at radius 3 is 3.00 bits per heavy atom. The van der Waals surface area contributed by atoms with Gasteiger partial charge in [-0.05, 0) is 30.5 Å². The van der Waals surface area contributed by atoms with Crippen LogP contribution in [0.3, 0.4) is 0 Å². The number of hydrogen-bond acceptors (Lipinski definition) is 1. The molecule has 3 nitrogen and oxygen atoms in total. The SMILES string of the molecule is O=C(O)N1CCC/C(=C/c2cccc(F)c2)C1. The second kappa shape index (κ2) is 4.99. The molecule has 0 atom stereocenters. The highest BCUT2D eigenvalue weighted by molar-refractivity contribution is 5.66. The minimum atomic E-state index is -0.894. The molecule has 0 saturated carbocycles. The second-order valence-corrected chi connectivity index (χ2v) is 4.17. The van der Waals surface area contributed by atoms with Crippen molar-refractivity contribution in [1.82, 2.24) is 4.90 Å². The van der Waals surface area contributed by atoms with E-state index in [4.69, 9.17) is 5.11 Å². The summed E-state index contributed by atoms with van der Waals surface area (Å²) in [5.41, 5.74) is 1.82.